The minimum atomic E-state index is -3.53. The molecule has 19 heavy (non-hydrogen) atoms. The number of rotatable bonds is 4. The van der Waals surface area contributed by atoms with Crippen LogP contribution in [-0.2, 0) is 10.0 Å². The van der Waals surface area contributed by atoms with Crippen LogP contribution in [-0.4, -0.2) is 24.7 Å². The molecule has 1 saturated carbocycles. The van der Waals surface area contributed by atoms with Crippen LogP contribution in [0.15, 0.2) is 11.1 Å². The molecule has 1 heterocycles. The van der Waals surface area contributed by atoms with Crippen LogP contribution < -0.4 is 10.5 Å². The van der Waals surface area contributed by atoms with Crippen molar-refractivity contribution in [1.29, 1.82) is 0 Å². The summed E-state index contributed by atoms with van der Waals surface area (Å²) >= 11 is 0. The van der Waals surface area contributed by atoms with Gasteiger partial charge in [-0.25, -0.2) is 17.8 Å². The van der Waals surface area contributed by atoms with Crippen LogP contribution in [0.1, 0.15) is 45.6 Å². The molecule has 1 aromatic rings. The first-order chi connectivity index (χ1) is 8.95. The number of aromatic nitrogens is 2. The van der Waals surface area contributed by atoms with E-state index in [0.29, 0.717) is 6.54 Å². The van der Waals surface area contributed by atoms with Crippen LogP contribution >= 0.6 is 0 Å². The lowest BCUT2D eigenvalue weighted by Crippen LogP contribution is -2.24. The summed E-state index contributed by atoms with van der Waals surface area (Å²) < 4.78 is 28.0. The van der Waals surface area contributed by atoms with E-state index in [4.69, 9.17) is 5.73 Å². The van der Waals surface area contributed by atoms with Crippen molar-refractivity contribution in [3.63, 3.8) is 0 Å². The second-order valence-electron chi connectivity index (χ2n) is 5.25. The van der Waals surface area contributed by atoms with E-state index in [2.05, 4.69) is 16.7 Å². The maximum atomic E-state index is 12.0. The highest BCUT2D eigenvalue weighted by Gasteiger charge is 2.26. The number of hydrogen-bond acceptors (Lipinski definition) is 4. The van der Waals surface area contributed by atoms with Gasteiger partial charge in [0.15, 0.2) is 0 Å². The zero-order valence-electron chi connectivity index (χ0n) is 11.5. The van der Waals surface area contributed by atoms with Gasteiger partial charge in [-0.2, -0.15) is 5.10 Å². The fourth-order valence-corrected chi connectivity index (χ4v) is 3.70. The average molecular weight is 286 g/mol. The predicted octanol–water partition coefficient (Wildman–Crippen LogP) is 1.51. The minimum Gasteiger partial charge on any atom is -0.383 e. The number of nitrogens with two attached hydrogens (primary N) is 1. The molecular formula is C12H22N4O2S. The second-order valence-corrected chi connectivity index (χ2v) is 6.99. The summed E-state index contributed by atoms with van der Waals surface area (Å²) in [7, 11) is -3.53. The van der Waals surface area contributed by atoms with Crippen LogP contribution in [0.3, 0.4) is 0 Å². The molecule has 108 valence electrons. The molecule has 0 saturated heterocycles. The Morgan fingerprint density at radius 1 is 1.42 bits per heavy atom. The summed E-state index contributed by atoms with van der Waals surface area (Å²) in [5, 5.41) is 4.19. The zero-order valence-corrected chi connectivity index (χ0v) is 12.3. The molecule has 2 rings (SSSR count). The number of hydrogen-bond donors (Lipinski definition) is 2. The molecule has 0 radical (unpaired) electrons. The molecule has 0 aromatic carbocycles. The van der Waals surface area contributed by atoms with Gasteiger partial charge in [0.25, 0.3) is 0 Å². The zero-order chi connectivity index (χ0) is 14.0. The lowest BCUT2D eigenvalue weighted by Gasteiger charge is -2.27. The van der Waals surface area contributed by atoms with E-state index in [1.807, 2.05) is 0 Å². The Balaban J connectivity index is 2.23. The van der Waals surface area contributed by atoms with Crippen LogP contribution in [0.5, 0.6) is 0 Å². The van der Waals surface area contributed by atoms with Gasteiger partial charge in [0.05, 0.1) is 12.2 Å². The Morgan fingerprint density at radius 2 is 2.05 bits per heavy atom. The van der Waals surface area contributed by atoms with Gasteiger partial charge in [-0.1, -0.05) is 13.8 Å². The Bertz CT molecular complexity index is 530. The monoisotopic (exact) mass is 286 g/mol. The van der Waals surface area contributed by atoms with Crippen LogP contribution in [0, 0.1) is 5.92 Å². The van der Waals surface area contributed by atoms with Gasteiger partial charge in [0.2, 0.25) is 10.0 Å². The van der Waals surface area contributed by atoms with Gasteiger partial charge < -0.3 is 5.73 Å². The maximum absolute atomic E-state index is 12.0. The van der Waals surface area contributed by atoms with Crippen molar-refractivity contribution in [2.24, 2.45) is 5.92 Å². The van der Waals surface area contributed by atoms with Crippen molar-refractivity contribution >= 4 is 15.8 Å². The lowest BCUT2D eigenvalue weighted by atomic mass is 9.87. The average Bonchev–Trinajstić information content (AvgIpc) is 2.73. The molecule has 1 aliphatic carbocycles. The number of anilines is 1. The second kappa shape index (κ2) is 5.50. The topological polar surface area (TPSA) is 90.0 Å². The number of nitrogen functional groups attached to an aromatic ring is 1. The van der Waals surface area contributed by atoms with Gasteiger partial charge >= 0.3 is 0 Å². The van der Waals surface area contributed by atoms with E-state index in [0.717, 1.165) is 31.6 Å². The smallest absolute Gasteiger partial charge is 0.245 e. The summed E-state index contributed by atoms with van der Waals surface area (Å²) in [6, 6.07) is 0.224. The summed E-state index contributed by atoms with van der Waals surface area (Å²) in [6.07, 6.45) is 5.64. The van der Waals surface area contributed by atoms with Crippen molar-refractivity contribution in [3.8, 4) is 0 Å². The van der Waals surface area contributed by atoms with Gasteiger partial charge in [0.1, 0.15) is 10.7 Å². The van der Waals surface area contributed by atoms with Crippen LogP contribution in [0.25, 0.3) is 0 Å². The maximum Gasteiger partial charge on any atom is 0.245 e. The normalized spacial score (nSPS) is 24.5. The minimum absolute atomic E-state index is 0.0907. The van der Waals surface area contributed by atoms with E-state index in [9.17, 15) is 8.42 Å². The van der Waals surface area contributed by atoms with E-state index >= 15 is 0 Å². The van der Waals surface area contributed by atoms with Crippen molar-refractivity contribution in [1.82, 2.24) is 14.5 Å². The first kappa shape index (κ1) is 14.3. The Hall–Kier alpha value is -1.08. The summed E-state index contributed by atoms with van der Waals surface area (Å²) in [4.78, 5) is 0.0907. The van der Waals surface area contributed by atoms with E-state index in [-0.39, 0.29) is 16.8 Å². The molecule has 0 atom stereocenters. The molecule has 0 amide bonds. The fraction of sp³-hybridized carbons (Fsp3) is 0.750. The molecule has 3 N–H and O–H groups in total. The van der Waals surface area contributed by atoms with Crippen molar-refractivity contribution < 1.29 is 8.42 Å². The highest BCUT2D eigenvalue weighted by Crippen LogP contribution is 2.34. The molecule has 1 aliphatic rings. The summed E-state index contributed by atoms with van der Waals surface area (Å²) in [6.45, 7) is 4.32. The SMILES string of the molecule is CCNS(=O)(=O)c1cnn(C2CCC(C)CC2)c1N. The number of nitrogens with zero attached hydrogens (tertiary/aromatic N) is 2. The van der Waals surface area contributed by atoms with E-state index < -0.39 is 10.0 Å². The van der Waals surface area contributed by atoms with Gasteiger partial charge in [-0.3, -0.25) is 0 Å². The van der Waals surface area contributed by atoms with Crippen LogP contribution in [0.2, 0.25) is 0 Å². The molecule has 1 fully saturated rings. The highest BCUT2D eigenvalue weighted by atomic mass is 32.2. The quantitative estimate of drug-likeness (QED) is 0.878. The predicted molar refractivity (Wildman–Crippen MR) is 74.2 cm³/mol. The third-order valence-electron chi connectivity index (χ3n) is 3.75. The molecular weight excluding hydrogens is 264 g/mol. The van der Waals surface area contributed by atoms with E-state index in [1.54, 1.807) is 11.6 Å². The molecule has 0 spiro atoms. The number of sulfonamides is 1. The van der Waals surface area contributed by atoms with Crippen molar-refractivity contribution in [2.45, 2.75) is 50.5 Å². The van der Waals surface area contributed by atoms with Crippen LogP contribution in [0.4, 0.5) is 5.82 Å². The van der Waals surface area contributed by atoms with Crippen molar-refractivity contribution in [3.05, 3.63) is 6.20 Å². The summed E-state index contributed by atoms with van der Waals surface area (Å²) in [5.74, 6) is 0.985. The van der Waals surface area contributed by atoms with E-state index in [1.165, 1.54) is 6.20 Å². The standard InChI is InChI=1S/C12H22N4O2S/c1-3-15-19(17,18)11-8-14-16(12(11)13)10-6-4-9(2)5-7-10/h8-10,15H,3-7,13H2,1-2H3. The largest absolute Gasteiger partial charge is 0.383 e. The third-order valence-corrected chi connectivity index (χ3v) is 5.32. The molecule has 6 nitrogen and oxygen atoms in total. The fourth-order valence-electron chi connectivity index (χ4n) is 2.61. The number of nitrogens with one attached hydrogen (secondary N) is 1. The van der Waals surface area contributed by atoms with Gasteiger partial charge in [-0.05, 0) is 31.6 Å². The molecule has 1 aromatic heterocycles. The first-order valence-electron chi connectivity index (χ1n) is 6.78. The lowest BCUT2D eigenvalue weighted by molar-refractivity contribution is 0.276. The molecule has 0 aliphatic heterocycles. The van der Waals surface area contributed by atoms with Gasteiger partial charge in [-0.15, -0.1) is 0 Å². The molecule has 0 bridgehead atoms. The third kappa shape index (κ3) is 2.92. The Morgan fingerprint density at radius 3 is 2.63 bits per heavy atom. The van der Waals surface area contributed by atoms with Crippen molar-refractivity contribution in [2.75, 3.05) is 12.3 Å². The highest BCUT2D eigenvalue weighted by molar-refractivity contribution is 7.89. The molecule has 0 unspecified atom stereocenters. The Kier molecular flexibility index (Phi) is 4.15. The Labute approximate surface area is 114 Å². The summed E-state index contributed by atoms with van der Waals surface area (Å²) in [5.41, 5.74) is 5.97. The molecule has 7 heteroatoms. The first-order valence-corrected chi connectivity index (χ1v) is 8.26. The van der Waals surface area contributed by atoms with Gasteiger partial charge in [0, 0.05) is 6.54 Å².